The van der Waals surface area contributed by atoms with Crippen molar-refractivity contribution in [2.75, 3.05) is 7.11 Å². The first kappa shape index (κ1) is 11.6. The highest BCUT2D eigenvalue weighted by Crippen LogP contribution is 2.33. The maximum atomic E-state index is 12.6. The molecule has 1 aromatic heterocycles. The van der Waals surface area contributed by atoms with E-state index in [1.165, 1.54) is 6.07 Å². The normalized spacial score (nSPS) is 11.4. The fraction of sp³-hybridized carbons (Fsp3) is 0.167. The molecule has 0 radical (unpaired) electrons. The van der Waals surface area contributed by atoms with Crippen LogP contribution in [0.5, 0.6) is 0 Å². The maximum absolute atomic E-state index is 12.6. The fourth-order valence-corrected chi connectivity index (χ4v) is 3.58. The van der Waals surface area contributed by atoms with E-state index in [1.54, 1.807) is 0 Å². The smallest absolute Gasteiger partial charge is 0.348 e. The summed E-state index contributed by atoms with van der Waals surface area (Å²) < 4.78 is 37.5. The van der Waals surface area contributed by atoms with Gasteiger partial charge in [0.2, 0.25) is 0 Å². The topological polar surface area (TPSA) is 60.4 Å². The number of halogens is 2. The molecule has 1 aromatic rings. The average Bonchev–Trinajstić information content (AvgIpc) is 2.45. The van der Waals surface area contributed by atoms with Crippen molar-refractivity contribution in [3.63, 3.8) is 0 Å². The highest BCUT2D eigenvalue weighted by Gasteiger charge is 2.23. The SMILES string of the molecule is COC(=O)c1cc(Br)c(S(=O)(=O)F)s1. The minimum Gasteiger partial charge on any atom is -0.465 e. The molecule has 1 heterocycles. The van der Waals surface area contributed by atoms with Gasteiger partial charge in [-0.25, -0.2) is 4.79 Å². The molecule has 0 N–H and O–H groups in total. The third kappa shape index (κ3) is 2.31. The van der Waals surface area contributed by atoms with Crippen LogP contribution in [0.15, 0.2) is 14.7 Å². The Hall–Kier alpha value is -0.470. The molecule has 8 heteroatoms. The summed E-state index contributed by atoms with van der Waals surface area (Å²) in [5, 5.41) is 0. The lowest BCUT2D eigenvalue weighted by atomic mass is 10.5. The van der Waals surface area contributed by atoms with Crippen LogP contribution in [0, 0.1) is 0 Å². The van der Waals surface area contributed by atoms with Crippen molar-refractivity contribution in [3.8, 4) is 0 Å². The summed E-state index contributed by atoms with van der Waals surface area (Å²) in [6, 6.07) is 1.20. The van der Waals surface area contributed by atoms with Gasteiger partial charge < -0.3 is 4.74 Å². The van der Waals surface area contributed by atoms with Crippen LogP contribution >= 0.6 is 27.3 Å². The second kappa shape index (κ2) is 3.95. The molecule has 0 saturated carbocycles. The molecule has 0 aliphatic heterocycles. The van der Waals surface area contributed by atoms with Crippen LogP contribution in [0.4, 0.5) is 3.89 Å². The maximum Gasteiger partial charge on any atom is 0.348 e. The van der Waals surface area contributed by atoms with E-state index in [0.717, 1.165) is 7.11 Å². The van der Waals surface area contributed by atoms with Crippen molar-refractivity contribution in [2.45, 2.75) is 4.21 Å². The molecule has 1 rings (SSSR count). The van der Waals surface area contributed by atoms with Crippen LogP contribution < -0.4 is 0 Å². The van der Waals surface area contributed by atoms with Crippen LogP contribution in [0.25, 0.3) is 0 Å². The third-order valence-corrected chi connectivity index (χ3v) is 4.83. The van der Waals surface area contributed by atoms with Gasteiger partial charge in [-0.15, -0.1) is 11.3 Å². The van der Waals surface area contributed by atoms with Gasteiger partial charge in [0.05, 0.1) is 11.6 Å². The minimum absolute atomic E-state index is 0.0189. The zero-order valence-electron chi connectivity index (χ0n) is 6.78. The van der Waals surface area contributed by atoms with Gasteiger partial charge >= 0.3 is 16.2 Å². The van der Waals surface area contributed by atoms with Gasteiger partial charge in [-0.1, -0.05) is 3.89 Å². The van der Waals surface area contributed by atoms with E-state index in [0.29, 0.717) is 11.3 Å². The second-order valence-corrected chi connectivity index (χ2v) is 5.62. The summed E-state index contributed by atoms with van der Waals surface area (Å²) in [5.74, 6) is -0.703. The Morgan fingerprint density at radius 3 is 2.57 bits per heavy atom. The molecule has 4 nitrogen and oxygen atoms in total. The van der Waals surface area contributed by atoms with Gasteiger partial charge in [0.1, 0.15) is 4.88 Å². The Kier molecular flexibility index (Phi) is 3.28. The van der Waals surface area contributed by atoms with Gasteiger partial charge in [0.25, 0.3) is 0 Å². The summed E-state index contributed by atoms with van der Waals surface area (Å²) >= 11 is 3.35. The molecular formula is C6H4BrFO4S2. The van der Waals surface area contributed by atoms with E-state index < -0.39 is 20.4 Å². The Labute approximate surface area is 92.0 Å². The van der Waals surface area contributed by atoms with Crippen LogP contribution in [-0.4, -0.2) is 21.5 Å². The van der Waals surface area contributed by atoms with E-state index in [4.69, 9.17) is 0 Å². The number of carbonyl (C=O) groups is 1. The molecule has 0 amide bonds. The van der Waals surface area contributed by atoms with Gasteiger partial charge in [-0.05, 0) is 22.0 Å². The highest BCUT2D eigenvalue weighted by molar-refractivity contribution is 9.10. The number of hydrogen-bond donors (Lipinski definition) is 0. The fourth-order valence-electron chi connectivity index (χ4n) is 0.720. The van der Waals surface area contributed by atoms with E-state index in [-0.39, 0.29) is 9.35 Å². The van der Waals surface area contributed by atoms with Gasteiger partial charge in [0, 0.05) is 0 Å². The van der Waals surface area contributed by atoms with Crippen molar-refractivity contribution in [1.29, 1.82) is 0 Å². The zero-order chi connectivity index (χ0) is 10.9. The first-order valence-corrected chi connectivity index (χ1v) is 6.18. The van der Waals surface area contributed by atoms with Crippen molar-refractivity contribution < 1.29 is 21.8 Å². The molecule has 0 spiro atoms. The van der Waals surface area contributed by atoms with E-state index in [1.807, 2.05) is 0 Å². The Balaban J connectivity index is 3.25. The molecule has 0 aliphatic rings. The number of thiophene rings is 1. The number of esters is 1. The Morgan fingerprint density at radius 1 is 1.64 bits per heavy atom. The minimum atomic E-state index is -4.79. The summed E-state index contributed by atoms with van der Waals surface area (Å²) in [6.07, 6.45) is 0. The van der Waals surface area contributed by atoms with Gasteiger partial charge in [-0.2, -0.15) is 8.42 Å². The number of rotatable bonds is 2. The number of carbonyl (C=O) groups excluding carboxylic acids is 1. The van der Waals surface area contributed by atoms with E-state index >= 15 is 0 Å². The summed E-state index contributed by atoms with van der Waals surface area (Å²) in [7, 11) is -3.64. The lowest BCUT2D eigenvalue weighted by Gasteiger charge is -1.91. The molecule has 0 bridgehead atoms. The van der Waals surface area contributed by atoms with Crippen LogP contribution in [0.3, 0.4) is 0 Å². The molecule has 78 valence electrons. The van der Waals surface area contributed by atoms with Crippen molar-refractivity contribution in [2.24, 2.45) is 0 Å². The van der Waals surface area contributed by atoms with Crippen molar-refractivity contribution >= 4 is 43.5 Å². The summed E-state index contributed by atoms with van der Waals surface area (Å²) in [5.41, 5.74) is 0. The highest BCUT2D eigenvalue weighted by atomic mass is 79.9. The lowest BCUT2D eigenvalue weighted by Crippen LogP contribution is -1.96. The number of hydrogen-bond acceptors (Lipinski definition) is 5. The monoisotopic (exact) mass is 302 g/mol. The molecule has 14 heavy (non-hydrogen) atoms. The summed E-state index contributed by atoms with van der Waals surface area (Å²) in [4.78, 5) is 11.0. The molecule has 0 fully saturated rings. The first-order chi connectivity index (χ1) is 6.36. The van der Waals surface area contributed by atoms with E-state index in [9.17, 15) is 17.1 Å². The van der Waals surface area contributed by atoms with Crippen LogP contribution in [-0.2, 0) is 15.0 Å². The van der Waals surface area contributed by atoms with Crippen LogP contribution in [0.1, 0.15) is 9.67 Å². The average molecular weight is 303 g/mol. The molecule has 0 aliphatic carbocycles. The molecule has 0 unspecified atom stereocenters. The molecular weight excluding hydrogens is 299 g/mol. The van der Waals surface area contributed by atoms with Crippen molar-refractivity contribution in [3.05, 3.63) is 15.4 Å². The third-order valence-electron chi connectivity index (χ3n) is 1.26. The van der Waals surface area contributed by atoms with Gasteiger partial charge in [0.15, 0.2) is 4.21 Å². The van der Waals surface area contributed by atoms with Crippen LogP contribution in [0.2, 0.25) is 0 Å². The Morgan fingerprint density at radius 2 is 2.21 bits per heavy atom. The first-order valence-electron chi connectivity index (χ1n) is 3.18. The lowest BCUT2D eigenvalue weighted by molar-refractivity contribution is 0.0606. The standard InChI is InChI=1S/C6H4BrFO4S2/c1-12-5(9)4-2-3(7)6(13-4)14(8,10)11/h2H,1H3. The van der Waals surface area contributed by atoms with Gasteiger partial charge in [-0.3, -0.25) is 0 Å². The Bertz CT molecular complexity index is 464. The van der Waals surface area contributed by atoms with E-state index in [2.05, 4.69) is 20.7 Å². The number of methoxy groups -OCH3 is 1. The quantitative estimate of drug-likeness (QED) is 0.619. The molecule has 0 saturated heterocycles. The predicted octanol–water partition coefficient (Wildman–Crippen LogP) is 1.96. The molecule has 0 atom stereocenters. The second-order valence-electron chi connectivity index (χ2n) is 2.18. The zero-order valence-corrected chi connectivity index (χ0v) is 10.0. The summed E-state index contributed by atoms with van der Waals surface area (Å²) in [6.45, 7) is 0. The number of ether oxygens (including phenoxy) is 1. The van der Waals surface area contributed by atoms with Crippen molar-refractivity contribution in [1.82, 2.24) is 0 Å². The largest absolute Gasteiger partial charge is 0.465 e. The molecule has 0 aromatic carbocycles. The predicted molar refractivity (Wildman–Crippen MR) is 51.7 cm³/mol.